The first-order valence-corrected chi connectivity index (χ1v) is 6.97. The summed E-state index contributed by atoms with van der Waals surface area (Å²) in [5, 5.41) is 4.37. The monoisotopic (exact) mass is 292 g/mol. The molecule has 0 aliphatic rings. The molecule has 22 heavy (non-hydrogen) atoms. The summed E-state index contributed by atoms with van der Waals surface area (Å²) in [6.45, 7) is 5.21. The lowest BCUT2D eigenvalue weighted by molar-refractivity contribution is -0.130. The molecule has 3 aromatic carbocycles. The molecule has 0 radical (unpaired) electrons. The summed E-state index contributed by atoms with van der Waals surface area (Å²) in [6.07, 6.45) is 0. The zero-order chi connectivity index (χ0) is 15.7. The molecular weight excluding hydrogens is 276 g/mol. The Balaban J connectivity index is 2.08. The third-order valence-corrected chi connectivity index (χ3v) is 3.57. The zero-order valence-electron chi connectivity index (χ0n) is 12.6. The number of carbonyl (C=O) groups excluding carboxylic acids is 1. The Morgan fingerprint density at radius 2 is 1.45 bits per heavy atom. The van der Waals surface area contributed by atoms with Crippen LogP contribution in [0.3, 0.4) is 0 Å². The fourth-order valence-corrected chi connectivity index (χ4v) is 2.41. The Kier molecular flexibility index (Phi) is 3.55. The minimum Gasteiger partial charge on any atom is -0.497 e. The van der Waals surface area contributed by atoms with Crippen LogP contribution in [-0.4, -0.2) is 13.1 Å². The number of esters is 1. The molecule has 0 saturated carbocycles. The topological polar surface area (TPSA) is 35.5 Å². The predicted molar refractivity (Wildman–Crippen MR) is 88.5 cm³/mol. The third kappa shape index (κ3) is 2.53. The molecule has 0 atom stereocenters. The van der Waals surface area contributed by atoms with E-state index in [2.05, 4.69) is 6.58 Å². The molecule has 0 aliphatic carbocycles. The number of methoxy groups -OCH3 is 1. The van der Waals surface area contributed by atoms with Crippen LogP contribution in [0.2, 0.25) is 0 Å². The van der Waals surface area contributed by atoms with Crippen molar-refractivity contribution < 1.29 is 14.3 Å². The lowest BCUT2D eigenvalue weighted by Gasteiger charge is -2.08. The Hall–Kier alpha value is -2.81. The first-order chi connectivity index (χ1) is 10.6. The molecule has 0 aromatic heterocycles. The second-order valence-electron chi connectivity index (χ2n) is 5.21. The van der Waals surface area contributed by atoms with Gasteiger partial charge in [0.15, 0.2) is 0 Å². The van der Waals surface area contributed by atoms with Crippen LogP contribution in [0.15, 0.2) is 60.7 Å². The first kappa shape index (κ1) is 14.1. The summed E-state index contributed by atoms with van der Waals surface area (Å²) < 4.78 is 10.5. The maximum absolute atomic E-state index is 11.6. The van der Waals surface area contributed by atoms with E-state index in [4.69, 9.17) is 9.47 Å². The van der Waals surface area contributed by atoms with Crippen LogP contribution in [0.25, 0.3) is 21.5 Å². The van der Waals surface area contributed by atoms with Crippen molar-refractivity contribution in [3.63, 3.8) is 0 Å². The molecule has 3 rings (SSSR count). The lowest BCUT2D eigenvalue weighted by Crippen LogP contribution is -2.07. The average Bonchev–Trinajstić information content (AvgIpc) is 2.53. The maximum atomic E-state index is 11.6. The molecule has 110 valence electrons. The summed E-state index contributed by atoms with van der Waals surface area (Å²) >= 11 is 0. The lowest BCUT2D eigenvalue weighted by atomic mass is 10.0. The summed E-state index contributed by atoms with van der Waals surface area (Å²) in [7, 11) is 1.66. The van der Waals surface area contributed by atoms with Gasteiger partial charge in [0.2, 0.25) is 0 Å². The number of ether oxygens (including phenoxy) is 2. The van der Waals surface area contributed by atoms with E-state index in [1.807, 2.05) is 42.5 Å². The van der Waals surface area contributed by atoms with Gasteiger partial charge in [-0.15, -0.1) is 0 Å². The van der Waals surface area contributed by atoms with Crippen molar-refractivity contribution in [2.75, 3.05) is 7.11 Å². The van der Waals surface area contributed by atoms with E-state index >= 15 is 0 Å². The Morgan fingerprint density at radius 1 is 0.909 bits per heavy atom. The normalized spacial score (nSPS) is 10.6. The highest BCUT2D eigenvalue weighted by Gasteiger charge is 2.07. The summed E-state index contributed by atoms with van der Waals surface area (Å²) in [4.78, 5) is 11.6. The molecule has 0 fully saturated rings. The van der Waals surface area contributed by atoms with Crippen molar-refractivity contribution in [2.45, 2.75) is 6.92 Å². The van der Waals surface area contributed by atoms with Gasteiger partial charge in [-0.05, 0) is 52.7 Å². The molecule has 3 nitrogen and oxygen atoms in total. The Labute approximate surface area is 128 Å². The van der Waals surface area contributed by atoms with Crippen LogP contribution in [0.1, 0.15) is 6.92 Å². The van der Waals surface area contributed by atoms with Gasteiger partial charge in [0, 0.05) is 5.57 Å². The van der Waals surface area contributed by atoms with Gasteiger partial charge in [-0.2, -0.15) is 0 Å². The molecule has 0 bridgehead atoms. The third-order valence-electron chi connectivity index (χ3n) is 3.57. The fraction of sp³-hybridized carbons (Fsp3) is 0.105. The highest BCUT2D eigenvalue weighted by Crippen LogP contribution is 2.30. The van der Waals surface area contributed by atoms with Gasteiger partial charge >= 0.3 is 5.97 Å². The molecular formula is C19H16O3. The van der Waals surface area contributed by atoms with Gasteiger partial charge in [0.05, 0.1) is 7.11 Å². The van der Waals surface area contributed by atoms with Crippen LogP contribution in [0.5, 0.6) is 11.5 Å². The van der Waals surface area contributed by atoms with Crippen molar-refractivity contribution >= 4 is 27.5 Å². The van der Waals surface area contributed by atoms with Crippen molar-refractivity contribution in [3.05, 3.63) is 60.7 Å². The van der Waals surface area contributed by atoms with E-state index in [0.29, 0.717) is 11.3 Å². The summed E-state index contributed by atoms with van der Waals surface area (Å²) in [5.74, 6) is 0.942. The van der Waals surface area contributed by atoms with E-state index in [9.17, 15) is 4.79 Å². The SMILES string of the molecule is C=C(C)C(=O)Oc1ccc2c(ccc3cc(OC)ccc32)c1. The minimum absolute atomic E-state index is 0.380. The highest BCUT2D eigenvalue weighted by atomic mass is 16.5. The second kappa shape index (κ2) is 5.53. The van der Waals surface area contributed by atoms with Crippen molar-refractivity contribution in [3.8, 4) is 11.5 Å². The number of fused-ring (bicyclic) bond motifs is 3. The van der Waals surface area contributed by atoms with Gasteiger partial charge in [-0.3, -0.25) is 0 Å². The zero-order valence-corrected chi connectivity index (χ0v) is 12.6. The number of rotatable bonds is 3. The largest absolute Gasteiger partial charge is 0.497 e. The van der Waals surface area contributed by atoms with Crippen molar-refractivity contribution in [1.82, 2.24) is 0 Å². The van der Waals surface area contributed by atoms with E-state index in [-0.39, 0.29) is 0 Å². The average molecular weight is 292 g/mol. The maximum Gasteiger partial charge on any atom is 0.338 e. The summed E-state index contributed by atoms with van der Waals surface area (Å²) in [6, 6.07) is 15.6. The number of hydrogen-bond acceptors (Lipinski definition) is 3. The molecule has 0 unspecified atom stereocenters. The molecule has 3 heteroatoms. The molecule has 0 aliphatic heterocycles. The van der Waals surface area contributed by atoms with Crippen LogP contribution >= 0.6 is 0 Å². The first-order valence-electron chi connectivity index (χ1n) is 6.97. The van der Waals surface area contributed by atoms with Crippen LogP contribution in [0, 0.1) is 0 Å². The molecule has 3 aromatic rings. The smallest absolute Gasteiger partial charge is 0.338 e. The van der Waals surface area contributed by atoms with Gasteiger partial charge < -0.3 is 9.47 Å². The van der Waals surface area contributed by atoms with Crippen LogP contribution in [0.4, 0.5) is 0 Å². The molecule has 0 spiro atoms. The quantitative estimate of drug-likeness (QED) is 0.309. The van der Waals surface area contributed by atoms with Gasteiger partial charge in [0.25, 0.3) is 0 Å². The van der Waals surface area contributed by atoms with Gasteiger partial charge in [-0.1, -0.05) is 30.8 Å². The predicted octanol–water partition coefficient (Wildman–Crippen LogP) is 4.48. The number of hydrogen-bond donors (Lipinski definition) is 0. The van der Waals surface area contributed by atoms with Crippen LogP contribution in [-0.2, 0) is 4.79 Å². The number of benzene rings is 3. The molecule has 0 amide bonds. The van der Waals surface area contributed by atoms with E-state index < -0.39 is 5.97 Å². The van der Waals surface area contributed by atoms with E-state index in [0.717, 1.165) is 27.3 Å². The Bertz CT molecular complexity index is 894. The highest BCUT2D eigenvalue weighted by molar-refractivity contribution is 6.08. The molecule has 0 N–H and O–H groups in total. The second-order valence-corrected chi connectivity index (χ2v) is 5.21. The molecule has 0 heterocycles. The number of carbonyl (C=O) groups is 1. The van der Waals surface area contributed by atoms with E-state index in [1.165, 1.54) is 0 Å². The van der Waals surface area contributed by atoms with Crippen molar-refractivity contribution in [1.29, 1.82) is 0 Å². The van der Waals surface area contributed by atoms with Gasteiger partial charge in [0.1, 0.15) is 11.5 Å². The Morgan fingerprint density at radius 3 is 2.00 bits per heavy atom. The van der Waals surface area contributed by atoms with Crippen LogP contribution < -0.4 is 9.47 Å². The van der Waals surface area contributed by atoms with E-state index in [1.54, 1.807) is 20.1 Å². The van der Waals surface area contributed by atoms with Gasteiger partial charge in [-0.25, -0.2) is 4.79 Å². The molecule has 0 saturated heterocycles. The van der Waals surface area contributed by atoms with Crippen molar-refractivity contribution in [2.24, 2.45) is 0 Å². The fourth-order valence-electron chi connectivity index (χ4n) is 2.41. The summed E-state index contributed by atoms with van der Waals surface area (Å²) in [5.41, 5.74) is 0.380. The standard InChI is InChI=1S/C19H16O3/c1-12(2)19(20)22-16-7-9-18-14(11-16)5-4-13-10-15(21-3)6-8-17(13)18/h4-11H,1H2,2-3H3. The minimum atomic E-state index is -0.412.